The molecule has 4 N–H and O–H groups in total. The number of rotatable bonds is 9. The van der Waals surface area contributed by atoms with Crippen molar-refractivity contribution in [2.24, 2.45) is 5.73 Å². The van der Waals surface area contributed by atoms with E-state index in [1.54, 1.807) is 24.3 Å². The number of carbonyl (C=O) groups is 1. The SMILES string of the molecule is NCCCCCCNC(=O)c1ccccc1Nc1cccc(C(F)(F)F)c1. The number of para-hydroxylation sites is 1. The Morgan fingerprint density at radius 2 is 1.70 bits per heavy atom. The van der Waals surface area contributed by atoms with Crippen molar-refractivity contribution in [3.8, 4) is 0 Å². The Balaban J connectivity index is 2.02. The molecule has 0 heterocycles. The lowest BCUT2D eigenvalue weighted by Gasteiger charge is -2.14. The Hall–Kier alpha value is -2.54. The molecule has 0 aliphatic rings. The minimum Gasteiger partial charge on any atom is -0.355 e. The minimum absolute atomic E-state index is 0.260. The van der Waals surface area contributed by atoms with Crippen molar-refractivity contribution in [1.82, 2.24) is 5.32 Å². The Kier molecular flexibility index (Phi) is 7.67. The van der Waals surface area contributed by atoms with Crippen molar-refractivity contribution in [3.63, 3.8) is 0 Å². The molecule has 0 spiro atoms. The fraction of sp³-hybridized carbons (Fsp3) is 0.350. The van der Waals surface area contributed by atoms with Crippen LogP contribution in [0.2, 0.25) is 0 Å². The number of carbonyl (C=O) groups excluding carboxylic acids is 1. The Labute approximate surface area is 157 Å². The summed E-state index contributed by atoms with van der Waals surface area (Å²) in [5, 5.41) is 5.76. The molecule has 0 atom stereocenters. The lowest BCUT2D eigenvalue weighted by Crippen LogP contribution is -2.25. The van der Waals surface area contributed by atoms with Crippen LogP contribution in [0.3, 0.4) is 0 Å². The molecule has 1 amide bonds. The van der Waals surface area contributed by atoms with Crippen LogP contribution in [0.5, 0.6) is 0 Å². The summed E-state index contributed by atoms with van der Waals surface area (Å²) in [6, 6.07) is 11.6. The van der Waals surface area contributed by atoms with E-state index in [1.807, 2.05) is 0 Å². The summed E-state index contributed by atoms with van der Waals surface area (Å²) in [5.74, 6) is -0.260. The van der Waals surface area contributed by atoms with Gasteiger partial charge < -0.3 is 16.4 Å². The summed E-state index contributed by atoms with van der Waals surface area (Å²) in [6.07, 6.45) is -0.577. The zero-order valence-electron chi connectivity index (χ0n) is 15.0. The first kappa shape index (κ1) is 20.8. The first-order chi connectivity index (χ1) is 12.9. The number of hydrogen-bond donors (Lipinski definition) is 3. The minimum atomic E-state index is -4.42. The van der Waals surface area contributed by atoms with Gasteiger partial charge in [-0.05, 0) is 49.7 Å². The van der Waals surface area contributed by atoms with Gasteiger partial charge in [0.2, 0.25) is 0 Å². The van der Waals surface area contributed by atoms with Crippen LogP contribution in [0.1, 0.15) is 41.6 Å². The average molecular weight is 379 g/mol. The highest BCUT2D eigenvalue weighted by atomic mass is 19.4. The number of nitrogens with two attached hydrogens (primary N) is 1. The van der Waals surface area contributed by atoms with Gasteiger partial charge in [-0.1, -0.05) is 31.0 Å². The van der Waals surface area contributed by atoms with E-state index in [9.17, 15) is 18.0 Å². The maximum absolute atomic E-state index is 12.9. The van der Waals surface area contributed by atoms with E-state index >= 15 is 0 Å². The molecule has 0 aliphatic heterocycles. The zero-order chi connectivity index (χ0) is 19.7. The van der Waals surface area contributed by atoms with Crippen LogP contribution in [0.4, 0.5) is 24.5 Å². The molecule has 4 nitrogen and oxygen atoms in total. The second kappa shape index (κ2) is 9.97. The Bertz CT molecular complexity index is 747. The molecule has 146 valence electrons. The van der Waals surface area contributed by atoms with Gasteiger partial charge in [0.15, 0.2) is 0 Å². The van der Waals surface area contributed by atoms with Crippen LogP contribution in [-0.4, -0.2) is 19.0 Å². The third kappa shape index (κ3) is 6.60. The number of halogens is 3. The first-order valence-corrected chi connectivity index (χ1v) is 8.93. The predicted octanol–water partition coefficient (Wildman–Crippen LogP) is 4.70. The highest BCUT2D eigenvalue weighted by Gasteiger charge is 2.30. The molecule has 0 saturated heterocycles. The fourth-order valence-corrected chi connectivity index (χ4v) is 2.64. The van der Waals surface area contributed by atoms with Crippen molar-refractivity contribution in [2.75, 3.05) is 18.4 Å². The molecule has 27 heavy (non-hydrogen) atoms. The van der Waals surface area contributed by atoms with Gasteiger partial charge in [0.05, 0.1) is 16.8 Å². The van der Waals surface area contributed by atoms with Crippen LogP contribution >= 0.6 is 0 Å². The summed E-state index contributed by atoms with van der Waals surface area (Å²) < 4.78 is 38.6. The van der Waals surface area contributed by atoms with Gasteiger partial charge in [-0.3, -0.25) is 4.79 Å². The number of benzene rings is 2. The third-order valence-electron chi connectivity index (χ3n) is 4.06. The van der Waals surface area contributed by atoms with E-state index in [4.69, 9.17) is 5.73 Å². The second-order valence-corrected chi connectivity index (χ2v) is 6.21. The van der Waals surface area contributed by atoms with Crippen LogP contribution in [0.25, 0.3) is 0 Å². The Morgan fingerprint density at radius 3 is 2.44 bits per heavy atom. The number of amides is 1. The van der Waals surface area contributed by atoms with Gasteiger partial charge in [-0.15, -0.1) is 0 Å². The van der Waals surface area contributed by atoms with Gasteiger partial charge >= 0.3 is 6.18 Å². The van der Waals surface area contributed by atoms with Crippen LogP contribution in [-0.2, 0) is 6.18 Å². The van der Waals surface area contributed by atoms with Crippen LogP contribution in [0, 0.1) is 0 Å². The highest BCUT2D eigenvalue weighted by molar-refractivity contribution is 6.00. The molecule has 0 bridgehead atoms. The van der Waals surface area contributed by atoms with E-state index in [0.717, 1.165) is 37.8 Å². The number of anilines is 2. The van der Waals surface area contributed by atoms with Crippen LogP contribution in [0.15, 0.2) is 48.5 Å². The molecule has 7 heteroatoms. The molecule has 0 unspecified atom stereocenters. The maximum atomic E-state index is 12.9. The average Bonchev–Trinajstić information content (AvgIpc) is 2.64. The third-order valence-corrected chi connectivity index (χ3v) is 4.06. The molecule has 0 fully saturated rings. The molecule has 2 aromatic carbocycles. The monoisotopic (exact) mass is 379 g/mol. The van der Waals surface area contributed by atoms with E-state index in [2.05, 4.69) is 10.6 Å². The highest BCUT2D eigenvalue weighted by Crippen LogP contribution is 2.31. The zero-order valence-corrected chi connectivity index (χ0v) is 15.0. The largest absolute Gasteiger partial charge is 0.416 e. The summed E-state index contributed by atoms with van der Waals surface area (Å²) in [6.45, 7) is 1.21. The number of unbranched alkanes of at least 4 members (excludes halogenated alkanes) is 3. The summed E-state index contributed by atoms with van der Waals surface area (Å²) in [5.41, 5.74) is 5.81. The van der Waals surface area contributed by atoms with Crippen molar-refractivity contribution >= 4 is 17.3 Å². The topological polar surface area (TPSA) is 67.1 Å². The molecular weight excluding hydrogens is 355 g/mol. The van der Waals surface area contributed by atoms with Crippen molar-refractivity contribution in [3.05, 3.63) is 59.7 Å². The van der Waals surface area contributed by atoms with E-state index in [-0.39, 0.29) is 11.6 Å². The molecule has 0 aliphatic carbocycles. The summed E-state index contributed by atoms with van der Waals surface area (Å²) >= 11 is 0. The quantitative estimate of drug-likeness (QED) is 0.554. The summed E-state index contributed by atoms with van der Waals surface area (Å²) in [7, 11) is 0. The number of hydrogen-bond acceptors (Lipinski definition) is 3. The van der Waals surface area contributed by atoms with Gasteiger partial charge in [0.25, 0.3) is 5.91 Å². The predicted molar refractivity (Wildman–Crippen MR) is 101 cm³/mol. The first-order valence-electron chi connectivity index (χ1n) is 8.93. The molecule has 2 aromatic rings. The van der Waals surface area contributed by atoms with Gasteiger partial charge in [0, 0.05) is 12.2 Å². The lowest BCUT2D eigenvalue weighted by molar-refractivity contribution is -0.137. The standard InChI is InChI=1S/C20H24F3N3O/c21-20(22,23)15-8-7-9-16(14-15)26-18-11-4-3-10-17(18)19(27)25-13-6-2-1-5-12-24/h3-4,7-11,14,26H,1-2,5-6,12-13,24H2,(H,25,27). The smallest absolute Gasteiger partial charge is 0.355 e. The number of nitrogens with one attached hydrogen (secondary N) is 2. The fourth-order valence-electron chi connectivity index (χ4n) is 2.64. The van der Waals surface area contributed by atoms with Gasteiger partial charge in [-0.25, -0.2) is 0 Å². The van der Waals surface area contributed by atoms with Gasteiger partial charge in [0.1, 0.15) is 0 Å². The molecule has 0 radical (unpaired) electrons. The second-order valence-electron chi connectivity index (χ2n) is 6.21. The van der Waals surface area contributed by atoms with E-state index in [1.165, 1.54) is 12.1 Å². The van der Waals surface area contributed by atoms with Crippen molar-refractivity contribution < 1.29 is 18.0 Å². The van der Waals surface area contributed by atoms with Crippen molar-refractivity contribution in [1.29, 1.82) is 0 Å². The van der Waals surface area contributed by atoms with E-state index in [0.29, 0.717) is 24.3 Å². The summed E-state index contributed by atoms with van der Waals surface area (Å²) in [4.78, 5) is 12.4. The normalized spacial score (nSPS) is 11.3. The Morgan fingerprint density at radius 1 is 0.963 bits per heavy atom. The van der Waals surface area contributed by atoms with E-state index < -0.39 is 11.7 Å². The molecule has 2 rings (SSSR count). The molecule has 0 saturated carbocycles. The molecule has 0 aromatic heterocycles. The maximum Gasteiger partial charge on any atom is 0.416 e. The number of alkyl halides is 3. The van der Waals surface area contributed by atoms with Gasteiger partial charge in [-0.2, -0.15) is 13.2 Å². The lowest BCUT2D eigenvalue weighted by atomic mass is 10.1. The van der Waals surface area contributed by atoms with Crippen LogP contribution < -0.4 is 16.4 Å². The van der Waals surface area contributed by atoms with Crippen molar-refractivity contribution in [2.45, 2.75) is 31.9 Å². The molecular formula is C20H24F3N3O.